The molecular formula is C16H20N2O2S. The van der Waals surface area contributed by atoms with Crippen LogP contribution < -0.4 is 14.8 Å². The van der Waals surface area contributed by atoms with Gasteiger partial charge in [0.15, 0.2) is 11.5 Å². The minimum atomic E-state index is 0.202. The molecule has 5 heteroatoms. The van der Waals surface area contributed by atoms with Gasteiger partial charge in [0.25, 0.3) is 0 Å². The Kier molecular flexibility index (Phi) is 4.72. The fourth-order valence-electron chi connectivity index (χ4n) is 2.51. The first-order valence-corrected chi connectivity index (χ1v) is 8.26. The molecule has 1 atom stereocenters. The second kappa shape index (κ2) is 6.91. The maximum atomic E-state index is 5.85. The van der Waals surface area contributed by atoms with Crippen LogP contribution in [0.15, 0.2) is 29.8 Å². The molecule has 3 rings (SSSR count). The third-order valence-corrected chi connectivity index (χ3v) is 4.28. The third-order valence-electron chi connectivity index (χ3n) is 3.48. The van der Waals surface area contributed by atoms with Crippen molar-refractivity contribution in [3.8, 4) is 11.5 Å². The highest BCUT2D eigenvalue weighted by Gasteiger charge is 2.22. The Morgan fingerprint density at radius 1 is 1.33 bits per heavy atom. The second-order valence-corrected chi connectivity index (χ2v) is 5.99. The second-order valence-electron chi connectivity index (χ2n) is 5.01. The van der Waals surface area contributed by atoms with E-state index in [2.05, 4.69) is 23.3 Å². The summed E-state index contributed by atoms with van der Waals surface area (Å²) in [4.78, 5) is 4.41. The average Bonchev–Trinajstić information content (AvgIpc) is 3.04. The lowest BCUT2D eigenvalue weighted by molar-refractivity contribution is 0.168. The first-order valence-electron chi connectivity index (χ1n) is 7.38. The zero-order chi connectivity index (χ0) is 14.5. The normalized spacial score (nSPS) is 14.9. The lowest BCUT2D eigenvalue weighted by atomic mass is 10.0. The van der Waals surface area contributed by atoms with Crippen LogP contribution in [0.3, 0.4) is 0 Å². The van der Waals surface area contributed by atoms with Gasteiger partial charge in [-0.2, -0.15) is 0 Å². The van der Waals surface area contributed by atoms with Crippen molar-refractivity contribution in [3.05, 3.63) is 40.3 Å². The number of thiazole rings is 1. The quantitative estimate of drug-likeness (QED) is 0.890. The van der Waals surface area contributed by atoms with Crippen LogP contribution in [0.25, 0.3) is 0 Å². The van der Waals surface area contributed by atoms with Crippen LogP contribution in [0, 0.1) is 0 Å². The van der Waals surface area contributed by atoms with Gasteiger partial charge in [-0.05, 0) is 19.0 Å². The van der Waals surface area contributed by atoms with Gasteiger partial charge in [-0.15, -0.1) is 11.3 Å². The number of rotatable bonds is 6. The molecule has 0 fully saturated rings. The van der Waals surface area contributed by atoms with Crippen LogP contribution in [-0.2, 0) is 6.42 Å². The van der Waals surface area contributed by atoms with E-state index in [1.54, 1.807) is 11.3 Å². The molecular weight excluding hydrogens is 284 g/mol. The zero-order valence-electron chi connectivity index (χ0n) is 12.2. The van der Waals surface area contributed by atoms with Gasteiger partial charge in [0.1, 0.15) is 13.2 Å². The molecule has 112 valence electrons. The first kappa shape index (κ1) is 14.4. The fraction of sp³-hybridized carbons (Fsp3) is 0.438. The van der Waals surface area contributed by atoms with E-state index in [1.807, 2.05) is 23.7 Å². The molecule has 0 saturated carbocycles. The van der Waals surface area contributed by atoms with E-state index < -0.39 is 0 Å². The van der Waals surface area contributed by atoms with E-state index in [-0.39, 0.29) is 6.04 Å². The first-order chi connectivity index (χ1) is 10.4. The minimum Gasteiger partial charge on any atom is -0.486 e. The van der Waals surface area contributed by atoms with Crippen LogP contribution in [0.4, 0.5) is 0 Å². The number of benzene rings is 1. The van der Waals surface area contributed by atoms with E-state index >= 15 is 0 Å². The molecule has 1 aliphatic heterocycles. The van der Waals surface area contributed by atoms with Crippen LogP contribution in [0.2, 0.25) is 0 Å². The number of fused-ring (bicyclic) bond motifs is 1. The molecule has 4 nitrogen and oxygen atoms in total. The van der Waals surface area contributed by atoms with Crippen molar-refractivity contribution in [3.63, 3.8) is 0 Å². The Morgan fingerprint density at radius 2 is 2.24 bits per heavy atom. The Hall–Kier alpha value is -1.59. The number of hydrogen-bond acceptors (Lipinski definition) is 5. The smallest absolute Gasteiger partial charge is 0.166 e. The van der Waals surface area contributed by atoms with Gasteiger partial charge in [0.2, 0.25) is 0 Å². The summed E-state index contributed by atoms with van der Waals surface area (Å²) in [5, 5.41) is 6.76. The van der Waals surface area contributed by atoms with Crippen molar-refractivity contribution >= 4 is 11.3 Å². The fourth-order valence-corrected chi connectivity index (χ4v) is 3.17. The van der Waals surface area contributed by atoms with Gasteiger partial charge in [0, 0.05) is 29.6 Å². The maximum absolute atomic E-state index is 5.85. The van der Waals surface area contributed by atoms with Crippen molar-refractivity contribution in [1.29, 1.82) is 0 Å². The topological polar surface area (TPSA) is 43.4 Å². The molecule has 1 aromatic carbocycles. The molecule has 0 amide bonds. The van der Waals surface area contributed by atoms with E-state index in [0.29, 0.717) is 13.2 Å². The molecule has 0 aliphatic carbocycles. The predicted octanol–water partition coefficient (Wildman–Crippen LogP) is 3.20. The number of ether oxygens (including phenoxy) is 2. The van der Waals surface area contributed by atoms with Crippen LogP contribution in [0.5, 0.6) is 11.5 Å². The number of para-hydroxylation sites is 1. The summed E-state index contributed by atoms with van der Waals surface area (Å²) in [6.45, 7) is 4.38. The van der Waals surface area contributed by atoms with E-state index in [1.165, 1.54) is 0 Å². The summed E-state index contributed by atoms with van der Waals surface area (Å²) in [7, 11) is 0. The van der Waals surface area contributed by atoms with Gasteiger partial charge >= 0.3 is 0 Å². The monoisotopic (exact) mass is 304 g/mol. The molecule has 0 radical (unpaired) electrons. The number of nitrogens with zero attached hydrogens (tertiary/aromatic N) is 1. The van der Waals surface area contributed by atoms with Crippen LogP contribution in [-0.4, -0.2) is 24.7 Å². The molecule has 1 unspecified atom stereocenters. The number of nitrogens with one attached hydrogen (secondary N) is 1. The Morgan fingerprint density at radius 3 is 3.05 bits per heavy atom. The van der Waals surface area contributed by atoms with Crippen molar-refractivity contribution in [2.24, 2.45) is 0 Å². The molecule has 0 bridgehead atoms. The highest BCUT2D eigenvalue weighted by Crippen LogP contribution is 2.38. The Bertz CT molecular complexity index is 572. The molecule has 0 saturated heterocycles. The molecule has 0 spiro atoms. The minimum absolute atomic E-state index is 0.202. The summed E-state index contributed by atoms with van der Waals surface area (Å²) in [5.74, 6) is 1.73. The van der Waals surface area contributed by atoms with Gasteiger partial charge in [-0.3, -0.25) is 0 Å². The average molecular weight is 304 g/mol. The summed E-state index contributed by atoms with van der Waals surface area (Å²) in [5.41, 5.74) is 1.16. The van der Waals surface area contributed by atoms with Crippen molar-refractivity contribution in [1.82, 2.24) is 10.3 Å². The number of aromatic nitrogens is 1. The van der Waals surface area contributed by atoms with Crippen molar-refractivity contribution in [2.75, 3.05) is 19.8 Å². The molecule has 21 heavy (non-hydrogen) atoms. The third kappa shape index (κ3) is 3.36. The predicted molar refractivity (Wildman–Crippen MR) is 84.3 cm³/mol. The largest absolute Gasteiger partial charge is 0.486 e. The summed E-state index contributed by atoms with van der Waals surface area (Å²) in [6, 6.07) is 6.32. The maximum Gasteiger partial charge on any atom is 0.166 e. The van der Waals surface area contributed by atoms with E-state index in [4.69, 9.17) is 9.47 Å². The summed E-state index contributed by atoms with van der Waals surface area (Å²) < 4.78 is 11.5. The zero-order valence-corrected chi connectivity index (χ0v) is 13.0. The summed E-state index contributed by atoms with van der Waals surface area (Å²) >= 11 is 1.69. The van der Waals surface area contributed by atoms with E-state index in [9.17, 15) is 0 Å². The standard InChI is InChI=1S/C16H20N2O2S/c1-2-6-17-13(11-15-18-7-10-21-15)12-4-3-5-14-16(12)20-9-8-19-14/h3-5,7,10,13,17H,2,6,8-9,11H2,1H3. The molecule has 2 aromatic rings. The van der Waals surface area contributed by atoms with Gasteiger partial charge in [-0.25, -0.2) is 4.98 Å². The van der Waals surface area contributed by atoms with Gasteiger partial charge < -0.3 is 14.8 Å². The van der Waals surface area contributed by atoms with Crippen molar-refractivity contribution in [2.45, 2.75) is 25.8 Å². The van der Waals surface area contributed by atoms with Crippen LogP contribution >= 0.6 is 11.3 Å². The number of hydrogen-bond donors (Lipinski definition) is 1. The highest BCUT2D eigenvalue weighted by atomic mass is 32.1. The molecule has 1 N–H and O–H groups in total. The van der Waals surface area contributed by atoms with Crippen molar-refractivity contribution < 1.29 is 9.47 Å². The molecule has 2 heterocycles. The summed E-state index contributed by atoms with van der Waals surface area (Å²) in [6.07, 6.45) is 3.83. The SMILES string of the molecule is CCCNC(Cc1nccs1)c1cccc2c1OCCO2. The van der Waals surface area contributed by atoms with Gasteiger partial charge in [0.05, 0.1) is 5.01 Å². The Balaban J connectivity index is 1.88. The molecule has 1 aliphatic rings. The lowest BCUT2D eigenvalue weighted by Crippen LogP contribution is -2.26. The van der Waals surface area contributed by atoms with Gasteiger partial charge in [-0.1, -0.05) is 19.1 Å². The Labute approximate surface area is 129 Å². The highest BCUT2D eigenvalue weighted by molar-refractivity contribution is 7.09. The lowest BCUT2D eigenvalue weighted by Gasteiger charge is -2.25. The van der Waals surface area contributed by atoms with E-state index in [0.717, 1.165) is 41.5 Å². The van der Waals surface area contributed by atoms with Crippen LogP contribution in [0.1, 0.15) is 30.0 Å². The molecule has 1 aromatic heterocycles.